The van der Waals surface area contributed by atoms with Gasteiger partial charge in [-0.25, -0.2) is 12.8 Å². The molecule has 0 saturated heterocycles. The molecule has 0 amide bonds. The third-order valence-electron chi connectivity index (χ3n) is 3.38. The average Bonchev–Trinajstić information content (AvgIpc) is 3.22. The first-order valence-electron chi connectivity index (χ1n) is 6.83. The average molecular weight is 320 g/mol. The van der Waals surface area contributed by atoms with Crippen LogP contribution in [0.15, 0.2) is 24.3 Å². The zero-order valence-corrected chi connectivity index (χ0v) is 12.8. The molecule has 0 aliphatic heterocycles. The number of unbranched alkanes of at least 4 members (excludes halogenated alkanes) is 1. The molecule has 3 nitrogen and oxygen atoms in total. The molecule has 0 bridgehead atoms. The van der Waals surface area contributed by atoms with Gasteiger partial charge >= 0.3 is 0 Å². The van der Waals surface area contributed by atoms with Crippen molar-refractivity contribution in [1.82, 2.24) is 4.31 Å². The van der Waals surface area contributed by atoms with Crippen LogP contribution in [0.1, 0.15) is 31.2 Å². The van der Waals surface area contributed by atoms with Crippen molar-refractivity contribution in [3.05, 3.63) is 35.6 Å². The predicted molar refractivity (Wildman–Crippen MR) is 78.7 cm³/mol. The molecule has 0 atom stereocenters. The summed E-state index contributed by atoms with van der Waals surface area (Å²) >= 11 is 5.58. The van der Waals surface area contributed by atoms with Crippen molar-refractivity contribution in [2.75, 3.05) is 11.6 Å². The highest BCUT2D eigenvalue weighted by Gasteiger charge is 2.37. The minimum Gasteiger partial charge on any atom is -0.212 e. The Kier molecular flexibility index (Phi) is 5.41. The Bertz CT molecular complexity index is 546. The Morgan fingerprint density at radius 3 is 2.55 bits per heavy atom. The second-order valence-corrected chi connectivity index (χ2v) is 7.50. The molecule has 1 aromatic rings. The number of nitrogens with zero attached hydrogens (tertiary/aromatic N) is 1. The molecule has 112 valence electrons. The van der Waals surface area contributed by atoms with E-state index in [0.717, 1.165) is 12.8 Å². The van der Waals surface area contributed by atoms with Gasteiger partial charge in [-0.2, -0.15) is 4.31 Å². The molecule has 0 aromatic heterocycles. The fraction of sp³-hybridized carbons (Fsp3) is 0.571. The molecular weight excluding hydrogens is 301 g/mol. The van der Waals surface area contributed by atoms with Gasteiger partial charge in [0.1, 0.15) is 5.82 Å². The summed E-state index contributed by atoms with van der Waals surface area (Å²) in [5, 5.41) is 0. The topological polar surface area (TPSA) is 37.4 Å². The van der Waals surface area contributed by atoms with Gasteiger partial charge in [-0.05, 0) is 31.7 Å². The largest absolute Gasteiger partial charge is 0.214 e. The summed E-state index contributed by atoms with van der Waals surface area (Å²) in [6.07, 6.45) is 2.96. The van der Waals surface area contributed by atoms with Crippen LogP contribution >= 0.6 is 11.6 Å². The van der Waals surface area contributed by atoms with Gasteiger partial charge in [-0.3, -0.25) is 0 Å². The van der Waals surface area contributed by atoms with E-state index in [1.54, 1.807) is 18.2 Å². The monoisotopic (exact) mass is 319 g/mol. The van der Waals surface area contributed by atoms with Crippen LogP contribution in [-0.2, 0) is 16.6 Å². The van der Waals surface area contributed by atoms with Crippen LogP contribution in [0.2, 0.25) is 0 Å². The number of benzene rings is 1. The predicted octanol–water partition coefficient (Wildman–Crippen LogP) is 3.14. The van der Waals surface area contributed by atoms with Gasteiger partial charge in [-0.1, -0.05) is 18.2 Å². The molecule has 0 heterocycles. The first-order valence-corrected chi connectivity index (χ1v) is 8.98. The molecule has 0 radical (unpaired) electrons. The molecule has 1 saturated carbocycles. The number of halogens is 2. The van der Waals surface area contributed by atoms with E-state index in [2.05, 4.69) is 0 Å². The van der Waals surface area contributed by atoms with Crippen molar-refractivity contribution in [2.24, 2.45) is 0 Å². The van der Waals surface area contributed by atoms with Gasteiger partial charge < -0.3 is 0 Å². The third-order valence-corrected chi connectivity index (χ3v) is 5.60. The minimum atomic E-state index is -3.34. The van der Waals surface area contributed by atoms with Crippen molar-refractivity contribution in [3.8, 4) is 0 Å². The number of alkyl halides is 1. The molecule has 1 aliphatic rings. The maximum absolute atomic E-state index is 13.7. The number of rotatable bonds is 8. The van der Waals surface area contributed by atoms with Crippen molar-refractivity contribution < 1.29 is 12.8 Å². The molecule has 1 aliphatic carbocycles. The van der Waals surface area contributed by atoms with Gasteiger partial charge in [0.05, 0.1) is 5.75 Å². The van der Waals surface area contributed by atoms with Crippen molar-refractivity contribution in [1.29, 1.82) is 0 Å². The standard InChI is InChI=1S/C14H19ClFNO2S/c15-9-3-4-10-20(18,19)17(13-7-8-13)11-12-5-1-2-6-14(12)16/h1-2,5-6,13H,3-4,7-11H2. The van der Waals surface area contributed by atoms with Crippen LogP contribution in [0.4, 0.5) is 4.39 Å². The second-order valence-electron chi connectivity index (χ2n) is 5.08. The lowest BCUT2D eigenvalue weighted by atomic mass is 10.2. The normalized spacial score (nSPS) is 15.8. The van der Waals surface area contributed by atoms with E-state index < -0.39 is 10.0 Å². The van der Waals surface area contributed by atoms with E-state index in [0.29, 0.717) is 24.3 Å². The number of hydrogen-bond acceptors (Lipinski definition) is 2. The Hall–Kier alpha value is -0.650. The number of sulfonamides is 1. The molecule has 0 spiro atoms. The van der Waals surface area contributed by atoms with Crippen LogP contribution in [0.25, 0.3) is 0 Å². The van der Waals surface area contributed by atoms with Gasteiger partial charge in [0.15, 0.2) is 0 Å². The molecule has 2 rings (SSSR count). The van der Waals surface area contributed by atoms with Gasteiger partial charge in [0, 0.05) is 24.0 Å². The second kappa shape index (κ2) is 6.87. The lowest BCUT2D eigenvalue weighted by Gasteiger charge is -2.22. The van der Waals surface area contributed by atoms with Crippen LogP contribution in [-0.4, -0.2) is 30.4 Å². The highest BCUT2D eigenvalue weighted by atomic mass is 35.5. The van der Waals surface area contributed by atoms with E-state index in [1.165, 1.54) is 10.4 Å². The quantitative estimate of drug-likeness (QED) is 0.545. The van der Waals surface area contributed by atoms with Gasteiger partial charge in [0.25, 0.3) is 0 Å². The summed E-state index contributed by atoms with van der Waals surface area (Å²) < 4.78 is 39.9. The van der Waals surface area contributed by atoms with E-state index in [-0.39, 0.29) is 24.2 Å². The Morgan fingerprint density at radius 2 is 1.95 bits per heavy atom. The maximum Gasteiger partial charge on any atom is 0.214 e. The fourth-order valence-corrected chi connectivity index (χ4v) is 4.10. The fourth-order valence-electron chi connectivity index (χ4n) is 2.11. The first kappa shape index (κ1) is 15.7. The summed E-state index contributed by atoms with van der Waals surface area (Å²) in [6.45, 7) is 0.126. The highest BCUT2D eigenvalue weighted by Crippen LogP contribution is 2.31. The van der Waals surface area contributed by atoms with Gasteiger partial charge in [0.2, 0.25) is 10.0 Å². The Morgan fingerprint density at radius 1 is 1.25 bits per heavy atom. The molecule has 1 fully saturated rings. The SMILES string of the molecule is O=S(=O)(CCCCCl)N(Cc1ccccc1F)C1CC1. The van der Waals surface area contributed by atoms with Crippen molar-refractivity contribution >= 4 is 21.6 Å². The molecule has 0 unspecified atom stereocenters. The molecule has 0 N–H and O–H groups in total. The zero-order valence-electron chi connectivity index (χ0n) is 11.3. The molecule has 1 aromatic carbocycles. The summed E-state index contributed by atoms with van der Waals surface area (Å²) in [4.78, 5) is 0. The zero-order chi connectivity index (χ0) is 14.6. The van der Waals surface area contributed by atoms with Crippen LogP contribution in [0.5, 0.6) is 0 Å². The van der Waals surface area contributed by atoms with Crippen LogP contribution in [0, 0.1) is 5.82 Å². The van der Waals surface area contributed by atoms with Crippen molar-refractivity contribution in [2.45, 2.75) is 38.3 Å². The molecule has 20 heavy (non-hydrogen) atoms. The summed E-state index contributed by atoms with van der Waals surface area (Å²) in [7, 11) is -3.34. The van der Waals surface area contributed by atoms with Crippen LogP contribution < -0.4 is 0 Å². The Labute approximate surface area is 124 Å². The maximum atomic E-state index is 13.7. The smallest absolute Gasteiger partial charge is 0.212 e. The van der Waals surface area contributed by atoms with E-state index in [4.69, 9.17) is 11.6 Å². The summed E-state index contributed by atoms with van der Waals surface area (Å²) in [6, 6.07) is 6.37. The Balaban J connectivity index is 2.09. The van der Waals surface area contributed by atoms with E-state index in [1.807, 2.05) is 0 Å². The van der Waals surface area contributed by atoms with Crippen molar-refractivity contribution in [3.63, 3.8) is 0 Å². The van der Waals surface area contributed by atoms with E-state index in [9.17, 15) is 12.8 Å². The number of hydrogen-bond donors (Lipinski definition) is 0. The van der Waals surface area contributed by atoms with Crippen LogP contribution in [0.3, 0.4) is 0 Å². The summed E-state index contributed by atoms with van der Waals surface area (Å²) in [5.41, 5.74) is 0.431. The third kappa shape index (κ3) is 4.17. The first-order chi connectivity index (χ1) is 9.54. The van der Waals surface area contributed by atoms with Gasteiger partial charge in [-0.15, -0.1) is 11.6 Å². The lowest BCUT2D eigenvalue weighted by molar-refractivity contribution is 0.391. The lowest BCUT2D eigenvalue weighted by Crippen LogP contribution is -2.34. The molecular formula is C14H19ClFNO2S. The highest BCUT2D eigenvalue weighted by molar-refractivity contribution is 7.89. The minimum absolute atomic E-state index is 0.0376. The molecule has 6 heteroatoms. The summed E-state index contributed by atoms with van der Waals surface area (Å²) in [5.74, 6) is 0.200. The van der Waals surface area contributed by atoms with E-state index >= 15 is 0 Å².